The third-order valence-corrected chi connectivity index (χ3v) is 6.27. The average molecular weight is 505 g/mol. The first-order chi connectivity index (χ1) is 14.8. The van der Waals surface area contributed by atoms with Gasteiger partial charge in [0.25, 0.3) is 0 Å². The molecule has 172 valence electrons. The predicted molar refractivity (Wildman–Crippen MR) is 128 cm³/mol. The minimum absolute atomic E-state index is 0.292. The molecular weight excluding hydrogens is 475 g/mol. The van der Waals surface area contributed by atoms with E-state index in [4.69, 9.17) is 14.0 Å². The van der Waals surface area contributed by atoms with E-state index in [1.807, 2.05) is 65.8 Å². The number of hydrogen-bond acceptors (Lipinski definition) is 6. The van der Waals surface area contributed by atoms with Crippen LogP contribution in [0.2, 0.25) is 0 Å². The van der Waals surface area contributed by atoms with Crippen LogP contribution >= 0.6 is 15.9 Å². The Labute approximate surface area is 198 Å². The smallest absolute Gasteiger partial charge is 0.465 e. The van der Waals surface area contributed by atoms with E-state index in [1.165, 1.54) is 14.2 Å². The molecule has 32 heavy (non-hydrogen) atoms. The molecule has 0 amide bonds. The van der Waals surface area contributed by atoms with Crippen LogP contribution in [0.4, 0.5) is 0 Å². The number of methoxy groups -OCH3 is 2. The van der Waals surface area contributed by atoms with Crippen LogP contribution in [0.5, 0.6) is 0 Å². The number of aryl methyl sites for hydroxylation is 2. The molecular formula is C24H30BBrO6. The zero-order valence-corrected chi connectivity index (χ0v) is 21.5. The van der Waals surface area contributed by atoms with Gasteiger partial charge in [-0.3, -0.25) is 0 Å². The van der Waals surface area contributed by atoms with Crippen molar-refractivity contribution in [3.05, 3.63) is 63.1 Å². The Hall–Kier alpha value is -2.16. The van der Waals surface area contributed by atoms with Crippen molar-refractivity contribution in [3.63, 3.8) is 0 Å². The van der Waals surface area contributed by atoms with Crippen LogP contribution in [0.3, 0.4) is 0 Å². The number of esters is 2. The number of benzene rings is 2. The molecule has 0 saturated carbocycles. The summed E-state index contributed by atoms with van der Waals surface area (Å²) >= 11 is 3.32. The monoisotopic (exact) mass is 504 g/mol. The van der Waals surface area contributed by atoms with E-state index in [0.29, 0.717) is 11.1 Å². The van der Waals surface area contributed by atoms with Crippen LogP contribution in [0.25, 0.3) is 0 Å². The number of carbonyl (C=O) groups excluding carboxylic acids is 2. The summed E-state index contributed by atoms with van der Waals surface area (Å²) in [5.41, 5.74) is 3.11. The van der Waals surface area contributed by atoms with Gasteiger partial charge in [-0.05, 0) is 82.4 Å². The van der Waals surface area contributed by atoms with E-state index in [1.54, 1.807) is 12.1 Å². The lowest BCUT2D eigenvalue weighted by molar-refractivity contribution is 0.00578. The number of ether oxygens (including phenoxy) is 2. The van der Waals surface area contributed by atoms with Crippen molar-refractivity contribution in [3.8, 4) is 0 Å². The molecule has 0 spiro atoms. The lowest BCUT2D eigenvalue weighted by Gasteiger charge is -2.32. The van der Waals surface area contributed by atoms with E-state index in [9.17, 15) is 9.59 Å². The molecule has 0 aromatic heterocycles. The van der Waals surface area contributed by atoms with Gasteiger partial charge in [0.05, 0.1) is 36.5 Å². The summed E-state index contributed by atoms with van der Waals surface area (Å²) in [6.45, 7) is 11.8. The average Bonchev–Trinajstić information content (AvgIpc) is 2.94. The largest absolute Gasteiger partial charge is 0.494 e. The Balaban J connectivity index is 0.000000258. The Morgan fingerprint density at radius 1 is 0.812 bits per heavy atom. The highest BCUT2D eigenvalue weighted by atomic mass is 79.9. The molecule has 3 rings (SSSR count). The minimum Gasteiger partial charge on any atom is -0.465 e. The molecule has 1 fully saturated rings. The summed E-state index contributed by atoms with van der Waals surface area (Å²) in [6.07, 6.45) is 0. The van der Waals surface area contributed by atoms with Crippen LogP contribution in [0.15, 0.2) is 40.9 Å². The number of hydrogen-bond donors (Lipinski definition) is 0. The van der Waals surface area contributed by atoms with E-state index in [0.717, 1.165) is 21.1 Å². The maximum Gasteiger partial charge on any atom is 0.494 e. The van der Waals surface area contributed by atoms with Gasteiger partial charge in [-0.2, -0.15) is 0 Å². The molecule has 0 radical (unpaired) electrons. The zero-order chi connectivity index (χ0) is 24.3. The van der Waals surface area contributed by atoms with Gasteiger partial charge < -0.3 is 18.8 Å². The van der Waals surface area contributed by atoms with Crippen molar-refractivity contribution in [2.24, 2.45) is 0 Å². The summed E-state index contributed by atoms with van der Waals surface area (Å²) < 4.78 is 22.3. The second-order valence-corrected chi connectivity index (χ2v) is 9.52. The van der Waals surface area contributed by atoms with E-state index in [-0.39, 0.29) is 23.1 Å². The first kappa shape index (κ1) is 26.1. The Bertz CT molecular complexity index is 986. The molecule has 0 atom stereocenters. The van der Waals surface area contributed by atoms with Crippen molar-refractivity contribution in [2.75, 3.05) is 14.2 Å². The molecule has 1 heterocycles. The summed E-state index contributed by atoms with van der Waals surface area (Å²) in [7, 11) is 2.35. The van der Waals surface area contributed by atoms with Crippen molar-refractivity contribution < 1.29 is 28.4 Å². The highest BCUT2D eigenvalue weighted by molar-refractivity contribution is 9.10. The quantitative estimate of drug-likeness (QED) is 0.448. The molecule has 0 aliphatic carbocycles. The van der Waals surface area contributed by atoms with Crippen molar-refractivity contribution >= 4 is 40.4 Å². The molecule has 0 bridgehead atoms. The minimum atomic E-state index is -0.412. The second kappa shape index (κ2) is 10.2. The van der Waals surface area contributed by atoms with Gasteiger partial charge in [0.15, 0.2) is 0 Å². The molecule has 1 aliphatic rings. The van der Waals surface area contributed by atoms with Gasteiger partial charge in [0.2, 0.25) is 0 Å². The highest BCUT2D eigenvalue weighted by Gasteiger charge is 2.51. The zero-order valence-electron chi connectivity index (χ0n) is 19.9. The van der Waals surface area contributed by atoms with E-state index < -0.39 is 7.12 Å². The van der Waals surface area contributed by atoms with Gasteiger partial charge in [-0.25, -0.2) is 9.59 Å². The van der Waals surface area contributed by atoms with Gasteiger partial charge in [-0.1, -0.05) is 28.1 Å². The fraction of sp³-hybridized carbons (Fsp3) is 0.417. The summed E-state index contributed by atoms with van der Waals surface area (Å²) in [4.78, 5) is 22.7. The maximum atomic E-state index is 11.6. The lowest BCUT2D eigenvalue weighted by atomic mass is 9.78. The third kappa shape index (κ3) is 5.79. The van der Waals surface area contributed by atoms with Crippen LogP contribution in [0, 0.1) is 13.8 Å². The second-order valence-electron chi connectivity index (χ2n) is 8.61. The van der Waals surface area contributed by atoms with Crippen LogP contribution in [-0.4, -0.2) is 44.5 Å². The van der Waals surface area contributed by atoms with E-state index in [2.05, 4.69) is 20.7 Å². The van der Waals surface area contributed by atoms with Crippen molar-refractivity contribution in [1.82, 2.24) is 0 Å². The fourth-order valence-electron chi connectivity index (χ4n) is 3.12. The standard InChI is InChI=1S/C15H21BO4.C9H9BrO2/c1-10-9-11(7-8-12(10)13(17)18-6)16-19-14(2,3)15(4,5)20-16;1-6-5-7(10)3-4-8(6)9(11)12-2/h7-9H,1-6H3;3-5H,1-2H3. The highest BCUT2D eigenvalue weighted by Crippen LogP contribution is 2.36. The Morgan fingerprint density at radius 3 is 1.66 bits per heavy atom. The fourth-order valence-corrected chi connectivity index (χ4v) is 3.59. The van der Waals surface area contributed by atoms with Crippen LogP contribution < -0.4 is 5.46 Å². The van der Waals surface area contributed by atoms with Gasteiger partial charge in [0.1, 0.15) is 0 Å². The van der Waals surface area contributed by atoms with Crippen molar-refractivity contribution in [1.29, 1.82) is 0 Å². The van der Waals surface area contributed by atoms with Gasteiger partial charge in [-0.15, -0.1) is 0 Å². The number of carbonyl (C=O) groups is 2. The molecule has 2 aromatic carbocycles. The summed E-state index contributed by atoms with van der Waals surface area (Å²) in [5.74, 6) is -0.622. The normalized spacial score (nSPS) is 16.1. The van der Waals surface area contributed by atoms with Crippen molar-refractivity contribution in [2.45, 2.75) is 52.7 Å². The molecule has 6 nitrogen and oxygen atoms in total. The first-order valence-electron chi connectivity index (χ1n) is 10.2. The lowest BCUT2D eigenvalue weighted by Crippen LogP contribution is -2.41. The molecule has 0 N–H and O–H groups in total. The van der Waals surface area contributed by atoms with E-state index >= 15 is 0 Å². The Morgan fingerprint density at radius 2 is 1.25 bits per heavy atom. The molecule has 1 saturated heterocycles. The Kier molecular flexibility index (Phi) is 8.31. The number of halogens is 1. The maximum absolute atomic E-state index is 11.6. The molecule has 8 heteroatoms. The molecule has 2 aromatic rings. The van der Waals surface area contributed by atoms with Gasteiger partial charge in [0, 0.05) is 4.47 Å². The first-order valence-corrected chi connectivity index (χ1v) is 11.0. The SMILES string of the molecule is COC(=O)c1ccc(B2OC(C)(C)C(C)(C)O2)cc1C.COC(=O)c1ccc(Br)cc1C. The molecule has 0 unspecified atom stereocenters. The predicted octanol–water partition coefficient (Wildman–Crippen LogP) is 4.62. The summed E-state index contributed by atoms with van der Waals surface area (Å²) in [6, 6.07) is 11.0. The van der Waals surface area contributed by atoms with Crippen LogP contribution in [-0.2, 0) is 18.8 Å². The number of rotatable bonds is 3. The topological polar surface area (TPSA) is 71.1 Å². The third-order valence-electron chi connectivity index (χ3n) is 5.77. The van der Waals surface area contributed by atoms with Crippen LogP contribution in [0.1, 0.15) is 59.5 Å². The summed E-state index contributed by atoms with van der Waals surface area (Å²) in [5, 5.41) is 0. The van der Waals surface area contributed by atoms with Gasteiger partial charge >= 0.3 is 19.1 Å². The molecule has 1 aliphatic heterocycles.